The van der Waals surface area contributed by atoms with Crippen molar-refractivity contribution < 1.29 is 0 Å². The van der Waals surface area contributed by atoms with Crippen LogP contribution < -0.4 is 0 Å². The van der Waals surface area contributed by atoms with Crippen LogP contribution >= 0.6 is 0 Å². The van der Waals surface area contributed by atoms with Gasteiger partial charge in [0.05, 0.1) is 5.69 Å². The molecule has 3 rings (SSSR count). The molecule has 0 aliphatic rings. The van der Waals surface area contributed by atoms with Crippen molar-refractivity contribution in [2.24, 2.45) is 0 Å². The molecule has 1 aromatic carbocycles. The average Bonchev–Trinajstić information content (AvgIpc) is 2.61. The van der Waals surface area contributed by atoms with Crippen LogP contribution in [0.2, 0.25) is 0 Å². The standard InChI is InChI=1S/C19H15N3/c1-2-6-16(7-3-1)9-10-18-13-14-19(22-21-18)12-11-17-8-4-5-15-20-17/h1-8,13-15H,9-10H2. The van der Waals surface area contributed by atoms with Crippen molar-refractivity contribution in [3.63, 3.8) is 0 Å². The molecule has 0 N–H and O–H groups in total. The van der Waals surface area contributed by atoms with Crippen LogP contribution in [0, 0.1) is 11.8 Å². The SMILES string of the molecule is C(#Cc1ccc(CCc2ccccc2)nn1)c1ccccn1. The summed E-state index contributed by atoms with van der Waals surface area (Å²) in [5.41, 5.74) is 3.68. The first kappa shape index (κ1) is 14.0. The Bertz CT molecular complexity index is 770. The van der Waals surface area contributed by atoms with Crippen molar-refractivity contribution in [2.45, 2.75) is 12.8 Å². The van der Waals surface area contributed by atoms with E-state index in [-0.39, 0.29) is 0 Å². The number of nitrogens with zero attached hydrogens (tertiary/aromatic N) is 3. The van der Waals surface area contributed by atoms with Crippen molar-refractivity contribution in [3.8, 4) is 11.8 Å². The van der Waals surface area contributed by atoms with E-state index >= 15 is 0 Å². The van der Waals surface area contributed by atoms with E-state index in [4.69, 9.17) is 0 Å². The van der Waals surface area contributed by atoms with Gasteiger partial charge in [0.15, 0.2) is 0 Å². The highest BCUT2D eigenvalue weighted by Gasteiger charge is 1.98. The van der Waals surface area contributed by atoms with Gasteiger partial charge < -0.3 is 0 Å². The van der Waals surface area contributed by atoms with E-state index in [9.17, 15) is 0 Å². The van der Waals surface area contributed by atoms with Gasteiger partial charge in [0.1, 0.15) is 11.4 Å². The first-order valence-corrected chi connectivity index (χ1v) is 7.20. The molecule has 0 saturated heterocycles. The highest BCUT2D eigenvalue weighted by Crippen LogP contribution is 2.05. The molecule has 3 heteroatoms. The molecule has 0 amide bonds. The zero-order valence-corrected chi connectivity index (χ0v) is 12.1. The van der Waals surface area contributed by atoms with E-state index < -0.39 is 0 Å². The van der Waals surface area contributed by atoms with Gasteiger partial charge in [-0.05, 0) is 54.5 Å². The number of aryl methyl sites for hydroxylation is 2. The molecule has 0 aliphatic heterocycles. The minimum atomic E-state index is 0.661. The molecule has 2 aromatic heterocycles. The monoisotopic (exact) mass is 285 g/mol. The van der Waals surface area contributed by atoms with E-state index in [0.29, 0.717) is 5.69 Å². The molecular weight excluding hydrogens is 270 g/mol. The summed E-state index contributed by atoms with van der Waals surface area (Å²) < 4.78 is 0. The van der Waals surface area contributed by atoms with Crippen LogP contribution in [0.25, 0.3) is 0 Å². The summed E-state index contributed by atoms with van der Waals surface area (Å²) in [6.45, 7) is 0. The molecule has 0 aliphatic carbocycles. The van der Waals surface area contributed by atoms with Crippen LogP contribution in [0.4, 0.5) is 0 Å². The first-order chi connectivity index (χ1) is 10.9. The molecule has 0 spiro atoms. The molecule has 3 aromatic rings. The topological polar surface area (TPSA) is 38.7 Å². The molecule has 0 bridgehead atoms. The van der Waals surface area contributed by atoms with E-state index in [1.807, 2.05) is 36.4 Å². The summed E-state index contributed by atoms with van der Waals surface area (Å²) in [6.07, 6.45) is 3.57. The minimum Gasteiger partial charge on any atom is -0.248 e. The smallest absolute Gasteiger partial charge is 0.136 e. The van der Waals surface area contributed by atoms with Crippen LogP contribution in [0.15, 0.2) is 66.9 Å². The van der Waals surface area contributed by atoms with Crippen molar-refractivity contribution >= 4 is 0 Å². The van der Waals surface area contributed by atoms with Crippen LogP contribution in [0.5, 0.6) is 0 Å². The van der Waals surface area contributed by atoms with E-state index in [1.54, 1.807) is 6.20 Å². The highest BCUT2D eigenvalue weighted by molar-refractivity contribution is 5.35. The zero-order valence-electron chi connectivity index (χ0n) is 12.1. The Labute approximate surface area is 130 Å². The summed E-state index contributed by atoms with van der Waals surface area (Å²) >= 11 is 0. The van der Waals surface area contributed by atoms with Gasteiger partial charge in [-0.1, -0.05) is 36.4 Å². The van der Waals surface area contributed by atoms with Crippen LogP contribution in [0.1, 0.15) is 22.6 Å². The Morgan fingerprint density at radius 1 is 0.682 bits per heavy atom. The number of pyridine rings is 1. The Morgan fingerprint density at radius 2 is 1.50 bits per heavy atom. The third kappa shape index (κ3) is 4.00. The molecule has 0 saturated carbocycles. The molecule has 0 radical (unpaired) electrons. The third-order valence-corrected chi connectivity index (χ3v) is 3.22. The highest BCUT2D eigenvalue weighted by atomic mass is 15.1. The van der Waals surface area contributed by atoms with Crippen molar-refractivity contribution in [1.82, 2.24) is 15.2 Å². The van der Waals surface area contributed by atoms with Crippen LogP contribution in [0.3, 0.4) is 0 Å². The van der Waals surface area contributed by atoms with Gasteiger partial charge in [0.25, 0.3) is 0 Å². The summed E-state index contributed by atoms with van der Waals surface area (Å²) in [4.78, 5) is 4.15. The second-order valence-corrected chi connectivity index (χ2v) is 4.86. The number of benzene rings is 1. The predicted octanol–water partition coefficient (Wildman–Crippen LogP) is 3.06. The minimum absolute atomic E-state index is 0.661. The van der Waals surface area contributed by atoms with Crippen molar-refractivity contribution in [2.75, 3.05) is 0 Å². The molecule has 0 fully saturated rings. The maximum atomic E-state index is 4.23. The average molecular weight is 285 g/mol. The van der Waals surface area contributed by atoms with Gasteiger partial charge in [-0.3, -0.25) is 0 Å². The normalized spacial score (nSPS) is 9.82. The van der Waals surface area contributed by atoms with Crippen LogP contribution in [-0.2, 0) is 12.8 Å². The van der Waals surface area contributed by atoms with E-state index in [0.717, 1.165) is 24.2 Å². The Morgan fingerprint density at radius 3 is 2.23 bits per heavy atom. The Hall–Kier alpha value is -2.99. The summed E-state index contributed by atoms with van der Waals surface area (Å²) in [7, 11) is 0. The lowest BCUT2D eigenvalue weighted by molar-refractivity contribution is 0.854. The zero-order chi connectivity index (χ0) is 15.0. The second kappa shape index (κ2) is 7.14. The molecule has 3 nitrogen and oxygen atoms in total. The third-order valence-electron chi connectivity index (χ3n) is 3.22. The fourth-order valence-electron chi connectivity index (χ4n) is 2.04. The number of aromatic nitrogens is 3. The lowest BCUT2D eigenvalue weighted by Gasteiger charge is -2.00. The molecule has 106 valence electrons. The molecule has 2 heterocycles. The molecule has 22 heavy (non-hydrogen) atoms. The van der Waals surface area contributed by atoms with Gasteiger partial charge in [-0.15, -0.1) is 5.10 Å². The lowest BCUT2D eigenvalue weighted by atomic mass is 10.1. The van der Waals surface area contributed by atoms with Gasteiger partial charge in [-0.2, -0.15) is 5.10 Å². The predicted molar refractivity (Wildman–Crippen MR) is 86.1 cm³/mol. The lowest BCUT2D eigenvalue weighted by Crippen LogP contribution is -1.97. The van der Waals surface area contributed by atoms with Crippen molar-refractivity contribution in [3.05, 3.63) is 89.5 Å². The quantitative estimate of drug-likeness (QED) is 0.694. The van der Waals surface area contributed by atoms with Gasteiger partial charge in [0, 0.05) is 6.20 Å². The van der Waals surface area contributed by atoms with Gasteiger partial charge >= 0.3 is 0 Å². The second-order valence-electron chi connectivity index (χ2n) is 4.86. The van der Waals surface area contributed by atoms with Crippen molar-refractivity contribution in [1.29, 1.82) is 0 Å². The van der Waals surface area contributed by atoms with E-state index in [1.165, 1.54) is 5.56 Å². The number of hydrogen-bond donors (Lipinski definition) is 0. The molecule has 0 atom stereocenters. The summed E-state index contributed by atoms with van der Waals surface area (Å²) in [5.74, 6) is 5.95. The maximum absolute atomic E-state index is 4.23. The Kier molecular flexibility index (Phi) is 4.54. The molecule has 0 unspecified atom stereocenters. The fraction of sp³-hybridized carbons (Fsp3) is 0.105. The summed E-state index contributed by atoms with van der Waals surface area (Å²) in [6, 6.07) is 19.9. The summed E-state index contributed by atoms with van der Waals surface area (Å²) in [5, 5.41) is 8.39. The van der Waals surface area contributed by atoms with Crippen LogP contribution in [-0.4, -0.2) is 15.2 Å². The Balaban J connectivity index is 1.62. The number of hydrogen-bond acceptors (Lipinski definition) is 3. The maximum Gasteiger partial charge on any atom is 0.136 e. The van der Waals surface area contributed by atoms with Gasteiger partial charge in [-0.25, -0.2) is 4.98 Å². The number of rotatable bonds is 3. The first-order valence-electron chi connectivity index (χ1n) is 7.20. The largest absolute Gasteiger partial charge is 0.248 e. The fourth-order valence-corrected chi connectivity index (χ4v) is 2.04. The van der Waals surface area contributed by atoms with Gasteiger partial charge in [0.2, 0.25) is 0 Å². The molecular formula is C19H15N3. The van der Waals surface area contributed by atoms with E-state index in [2.05, 4.69) is 51.3 Å².